The van der Waals surface area contributed by atoms with Gasteiger partial charge in [0.05, 0.1) is 0 Å². The standard InChI is InChI=1S/C17H24N2O/c1-2-16-5-3-4-10-19(16)17(20)14-6-7-15-12-18-9-8-13(15)11-14/h6-7,11,16,18H,2-5,8-10,12H2,1H3. The van der Waals surface area contributed by atoms with Gasteiger partial charge in [0.25, 0.3) is 5.91 Å². The lowest BCUT2D eigenvalue weighted by Gasteiger charge is -2.35. The Hall–Kier alpha value is -1.35. The first-order valence-corrected chi connectivity index (χ1v) is 7.93. The van der Waals surface area contributed by atoms with E-state index in [9.17, 15) is 4.79 Å². The molecule has 1 N–H and O–H groups in total. The maximum atomic E-state index is 12.8. The summed E-state index contributed by atoms with van der Waals surface area (Å²) in [5, 5.41) is 3.37. The highest BCUT2D eigenvalue weighted by Crippen LogP contribution is 2.23. The number of carbonyl (C=O) groups is 1. The fourth-order valence-corrected chi connectivity index (χ4v) is 3.47. The minimum Gasteiger partial charge on any atom is -0.336 e. The van der Waals surface area contributed by atoms with Crippen LogP contribution in [0.4, 0.5) is 0 Å². The second kappa shape index (κ2) is 5.96. The summed E-state index contributed by atoms with van der Waals surface area (Å²) in [6, 6.07) is 6.70. The number of piperidine rings is 1. The highest BCUT2D eigenvalue weighted by Gasteiger charge is 2.26. The molecule has 108 valence electrons. The molecule has 0 saturated carbocycles. The minimum atomic E-state index is 0.234. The van der Waals surface area contributed by atoms with Crippen LogP contribution in [0.1, 0.15) is 54.1 Å². The Labute approximate surface area is 121 Å². The summed E-state index contributed by atoms with van der Waals surface area (Å²) in [6.07, 6.45) is 5.68. The zero-order valence-electron chi connectivity index (χ0n) is 12.3. The van der Waals surface area contributed by atoms with Crippen LogP contribution in [0, 0.1) is 0 Å². The van der Waals surface area contributed by atoms with Crippen molar-refractivity contribution in [2.24, 2.45) is 0 Å². The van der Waals surface area contributed by atoms with Crippen molar-refractivity contribution in [3.05, 3.63) is 34.9 Å². The van der Waals surface area contributed by atoms with Gasteiger partial charge >= 0.3 is 0 Å². The second-order valence-electron chi connectivity index (χ2n) is 5.97. The van der Waals surface area contributed by atoms with Crippen molar-refractivity contribution in [3.63, 3.8) is 0 Å². The van der Waals surface area contributed by atoms with Crippen LogP contribution < -0.4 is 5.32 Å². The van der Waals surface area contributed by atoms with Gasteiger partial charge in [-0.15, -0.1) is 0 Å². The van der Waals surface area contributed by atoms with Crippen LogP contribution in [0.15, 0.2) is 18.2 Å². The molecule has 20 heavy (non-hydrogen) atoms. The van der Waals surface area contributed by atoms with Crippen molar-refractivity contribution < 1.29 is 4.79 Å². The smallest absolute Gasteiger partial charge is 0.254 e. The average molecular weight is 272 g/mol. The number of rotatable bonds is 2. The van der Waals surface area contributed by atoms with Gasteiger partial charge < -0.3 is 10.2 Å². The van der Waals surface area contributed by atoms with Gasteiger partial charge in [0.1, 0.15) is 0 Å². The number of carbonyl (C=O) groups excluding carboxylic acids is 1. The summed E-state index contributed by atoms with van der Waals surface area (Å²) in [7, 11) is 0. The Morgan fingerprint density at radius 2 is 2.25 bits per heavy atom. The molecule has 0 aromatic heterocycles. The van der Waals surface area contributed by atoms with E-state index in [4.69, 9.17) is 0 Å². The van der Waals surface area contributed by atoms with Crippen LogP contribution in [0.2, 0.25) is 0 Å². The lowest BCUT2D eigenvalue weighted by molar-refractivity contribution is 0.0608. The predicted octanol–water partition coefficient (Wildman–Crippen LogP) is 2.74. The number of fused-ring (bicyclic) bond motifs is 1. The molecule has 3 rings (SSSR count). The van der Waals surface area contributed by atoms with E-state index < -0.39 is 0 Å². The van der Waals surface area contributed by atoms with Gasteiger partial charge in [-0.05, 0) is 61.9 Å². The highest BCUT2D eigenvalue weighted by atomic mass is 16.2. The Bertz CT molecular complexity index is 498. The van der Waals surface area contributed by atoms with Gasteiger partial charge in [-0.2, -0.15) is 0 Å². The second-order valence-corrected chi connectivity index (χ2v) is 5.97. The van der Waals surface area contributed by atoms with Gasteiger partial charge in [-0.25, -0.2) is 0 Å². The summed E-state index contributed by atoms with van der Waals surface area (Å²) < 4.78 is 0. The van der Waals surface area contributed by atoms with Gasteiger partial charge in [-0.3, -0.25) is 4.79 Å². The SMILES string of the molecule is CCC1CCCCN1C(=O)c1ccc2c(c1)CCNC2. The number of hydrogen-bond acceptors (Lipinski definition) is 2. The fraction of sp³-hybridized carbons (Fsp3) is 0.588. The van der Waals surface area contributed by atoms with Crippen molar-refractivity contribution in [1.29, 1.82) is 0 Å². The van der Waals surface area contributed by atoms with Crippen LogP contribution in [0.3, 0.4) is 0 Å². The third-order valence-electron chi connectivity index (χ3n) is 4.70. The van der Waals surface area contributed by atoms with Crippen molar-refractivity contribution >= 4 is 5.91 Å². The zero-order valence-corrected chi connectivity index (χ0v) is 12.3. The van der Waals surface area contributed by atoms with E-state index in [0.29, 0.717) is 6.04 Å². The van der Waals surface area contributed by atoms with Gasteiger partial charge in [-0.1, -0.05) is 13.0 Å². The number of amides is 1. The molecule has 2 heterocycles. The fourth-order valence-electron chi connectivity index (χ4n) is 3.47. The maximum absolute atomic E-state index is 12.8. The largest absolute Gasteiger partial charge is 0.336 e. The van der Waals surface area contributed by atoms with Crippen LogP contribution in [-0.4, -0.2) is 29.9 Å². The van der Waals surface area contributed by atoms with Crippen LogP contribution >= 0.6 is 0 Å². The Morgan fingerprint density at radius 1 is 1.35 bits per heavy atom. The van der Waals surface area contributed by atoms with E-state index in [0.717, 1.165) is 50.9 Å². The number of nitrogens with zero attached hydrogens (tertiary/aromatic N) is 1. The van der Waals surface area contributed by atoms with Crippen molar-refractivity contribution in [1.82, 2.24) is 10.2 Å². The maximum Gasteiger partial charge on any atom is 0.254 e. The first-order chi connectivity index (χ1) is 9.79. The van der Waals surface area contributed by atoms with E-state index in [2.05, 4.69) is 29.3 Å². The van der Waals surface area contributed by atoms with Crippen LogP contribution in [-0.2, 0) is 13.0 Å². The molecule has 0 spiro atoms. The quantitative estimate of drug-likeness (QED) is 0.898. The summed E-state index contributed by atoms with van der Waals surface area (Å²) in [5.74, 6) is 0.234. The third-order valence-corrected chi connectivity index (χ3v) is 4.70. The van der Waals surface area contributed by atoms with Crippen LogP contribution in [0.5, 0.6) is 0 Å². The molecule has 1 amide bonds. The molecule has 1 saturated heterocycles. The lowest BCUT2D eigenvalue weighted by Crippen LogP contribution is -2.43. The normalized spacial score (nSPS) is 22.4. The molecule has 1 fully saturated rings. The Balaban J connectivity index is 1.82. The van der Waals surface area contributed by atoms with E-state index in [1.165, 1.54) is 17.5 Å². The van der Waals surface area contributed by atoms with E-state index in [1.807, 2.05) is 6.07 Å². The summed E-state index contributed by atoms with van der Waals surface area (Å²) >= 11 is 0. The summed E-state index contributed by atoms with van der Waals surface area (Å²) in [4.78, 5) is 14.9. The summed E-state index contributed by atoms with van der Waals surface area (Å²) in [6.45, 7) is 5.07. The number of likely N-dealkylation sites (tertiary alicyclic amines) is 1. The third kappa shape index (κ3) is 2.59. The topological polar surface area (TPSA) is 32.3 Å². The molecule has 1 unspecified atom stereocenters. The first kappa shape index (κ1) is 13.6. The van der Waals surface area contributed by atoms with Crippen molar-refractivity contribution in [3.8, 4) is 0 Å². The molecule has 3 heteroatoms. The average Bonchev–Trinajstić information content (AvgIpc) is 2.53. The van der Waals surface area contributed by atoms with Crippen LogP contribution in [0.25, 0.3) is 0 Å². The first-order valence-electron chi connectivity index (χ1n) is 7.93. The predicted molar refractivity (Wildman–Crippen MR) is 80.8 cm³/mol. The Kier molecular flexibility index (Phi) is 4.06. The molecular weight excluding hydrogens is 248 g/mol. The number of nitrogens with one attached hydrogen (secondary N) is 1. The molecular formula is C17H24N2O. The Morgan fingerprint density at radius 3 is 3.10 bits per heavy atom. The molecule has 2 aliphatic rings. The minimum absolute atomic E-state index is 0.234. The van der Waals surface area contributed by atoms with Crippen molar-refractivity contribution in [2.45, 2.75) is 51.6 Å². The van der Waals surface area contributed by atoms with E-state index >= 15 is 0 Å². The van der Waals surface area contributed by atoms with E-state index in [1.54, 1.807) is 0 Å². The molecule has 1 atom stereocenters. The molecule has 1 aromatic carbocycles. The van der Waals surface area contributed by atoms with Gasteiger partial charge in [0, 0.05) is 24.7 Å². The summed E-state index contributed by atoms with van der Waals surface area (Å²) in [5.41, 5.74) is 3.57. The number of benzene rings is 1. The zero-order chi connectivity index (χ0) is 13.9. The van der Waals surface area contributed by atoms with Gasteiger partial charge in [0.15, 0.2) is 0 Å². The van der Waals surface area contributed by atoms with Gasteiger partial charge in [0.2, 0.25) is 0 Å². The van der Waals surface area contributed by atoms with Crippen molar-refractivity contribution in [2.75, 3.05) is 13.1 Å². The monoisotopic (exact) mass is 272 g/mol. The molecule has 0 aliphatic carbocycles. The molecule has 0 radical (unpaired) electrons. The molecule has 3 nitrogen and oxygen atoms in total. The van der Waals surface area contributed by atoms with E-state index in [-0.39, 0.29) is 5.91 Å². The molecule has 0 bridgehead atoms. The highest BCUT2D eigenvalue weighted by molar-refractivity contribution is 5.94. The molecule has 1 aromatic rings. The number of hydrogen-bond donors (Lipinski definition) is 1. The lowest BCUT2D eigenvalue weighted by atomic mass is 9.95. The molecule has 2 aliphatic heterocycles.